The molecule has 4 heteroatoms. The second-order valence-corrected chi connectivity index (χ2v) is 4.87. The van der Waals surface area contributed by atoms with E-state index in [0.717, 1.165) is 38.5 Å². The largest absolute Gasteiger partial charge is 0.453 e. The molecule has 0 atom stereocenters. The molecule has 1 N–H and O–H groups in total. The first-order valence-corrected chi connectivity index (χ1v) is 6.43. The highest BCUT2D eigenvalue weighted by Gasteiger charge is 2.14. The van der Waals surface area contributed by atoms with E-state index in [-0.39, 0.29) is 0 Å². The van der Waals surface area contributed by atoms with Gasteiger partial charge in [0.25, 0.3) is 0 Å². The van der Waals surface area contributed by atoms with E-state index in [9.17, 15) is 0 Å². The van der Waals surface area contributed by atoms with Crippen LogP contribution in [0.4, 0.5) is 0 Å². The van der Waals surface area contributed by atoms with Crippen molar-refractivity contribution < 1.29 is 4.42 Å². The molecule has 0 saturated heterocycles. The normalized spacial score (nSPS) is 12.0. The Morgan fingerprint density at radius 3 is 2.85 bits per heavy atom. The molecular formula is C16H9N3O. The van der Waals surface area contributed by atoms with Gasteiger partial charge in [-0.25, -0.2) is 9.97 Å². The highest BCUT2D eigenvalue weighted by molar-refractivity contribution is 6.25. The maximum Gasteiger partial charge on any atom is 0.172 e. The van der Waals surface area contributed by atoms with Crippen LogP contribution in [0.2, 0.25) is 0 Å². The van der Waals surface area contributed by atoms with Gasteiger partial charge in [0, 0.05) is 21.8 Å². The van der Waals surface area contributed by atoms with E-state index in [1.807, 2.05) is 24.3 Å². The van der Waals surface area contributed by atoms with Crippen LogP contribution in [0.25, 0.3) is 43.9 Å². The van der Waals surface area contributed by atoms with Gasteiger partial charge in [-0.3, -0.25) is 0 Å². The zero-order valence-electron chi connectivity index (χ0n) is 10.4. The SMILES string of the molecule is c1ccc2c(c1)[nH]c1ccc3oc4cncnc4c3c12. The Hall–Kier alpha value is -2.88. The summed E-state index contributed by atoms with van der Waals surface area (Å²) in [5.74, 6) is 0. The second kappa shape index (κ2) is 3.36. The van der Waals surface area contributed by atoms with Gasteiger partial charge in [0.15, 0.2) is 5.58 Å². The summed E-state index contributed by atoms with van der Waals surface area (Å²) in [5, 5.41) is 3.40. The summed E-state index contributed by atoms with van der Waals surface area (Å²) < 4.78 is 5.84. The predicted octanol–water partition coefficient (Wildman–Crippen LogP) is 4.01. The first-order valence-electron chi connectivity index (χ1n) is 6.43. The molecule has 0 amide bonds. The van der Waals surface area contributed by atoms with Gasteiger partial charge in [-0.05, 0) is 18.2 Å². The summed E-state index contributed by atoms with van der Waals surface area (Å²) in [6, 6.07) is 12.3. The van der Waals surface area contributed by atoms with Crippen LogP contribution in [0.5, 0.6) is 0 Å². The topological polar surface area (TPSA) is 54.7 Å². The minimum atomic E-state index is 0.722. The molecule has 3 heterocycles. The van der Waals surface area contributed by atoms with E-state index in [1.165, 1.54) is 5.39 Å². The van der Waals surface area contributed by atoms with Crippen molar-refractivity contribution in [1.82, 2.24) is 15.0 Å². The van der Waals surface area contributed by atoms with Crippen LogP contribution in [0.15, 0.2) is 53.3 Å². The van der Waals surface area contributed by atoms with Gasteiger partial charge in [0.1, 0.15) is 17.4 Å². The van der Waals surface area contributed by atoms with Gasteiger partial charge >= 0.3 is 0 Å². The van der Waals surface area contributed by atoms with E-state index >= 15 is 0 Å². The third-order valence-corrected chi connectivity index (χ3v) is 3.77. The molecule has 4 nitrogen and oxygen atoms in total. The van der Waals surface area contributed by atoms with Crippen molar-refractivity contribution in [3.05, 3.63) is 48.9 Å². The first kappa shape index (κ1) is 9.97. The number of nitrogens with zero attached hydrogens (tertiary/aromatic N) is 2. The molecule has 0 bridgehead atoms. The molecule has 0 aliphatic heterocycles. The molecule has 0 radical (unpaired) electrons. The lowest BCUT2D eigenvalue weighted by Gasteiger charge is -1.93. The summed E-state index contributed by atoms with van der Waals surface area (Å²) in [5.41, 5.74) is 4.65. The number of fused-ring (bicyclic) bond motifs is 7. The Balaban J connectivity index is 2.19. The molecule has 3 aromatic heterocycles. The maximum absolute atomic E-state index is 5.84. The standard InChI is InChI=1S/C16H9N3O/c1-2-4-10-9(3-1)14-11(19-10)5-6-12-15(14)16-13(20-12)7-17-8-18-16/h1-8,19H. The Bertz CT molecular complexity index is 1010. The number of aromatic nitrogens is 3. The van der Waals surface area contributed by atoms with Crippen LogP contribution < -0.4 is 0 Å². The zero-order valence-corrected chi connectivity index (χ0v) is 10.4. The molecule has 0 saturated carbocycles. The predicted molar refractivity (Wildman–Crippen MR) is 78.7 cm³/mol. The quantitative estimate of drug-likeness (QED) is 0.457. The van der Waals surface area contributed by atoms with Crippen molar-refractivity contribution in [2.24, 2.45) is 0 Å². The van der Waals surface area contributed by atoms with Crippen molar-refractivity contribution >= 4 is 43.9 Å². The Kier molecular flexibility index (Phi) is 1.68. The molecule has 0 spiro atoms. The number of benzene rings is 2. The number of para-hydroxylation sites is 1. The fraction of sp³-hybridized carbons (Fsp3) is 0. The number of furan rings is 1. The van der Waals surface area contributed by atoms with Crippen molar-refractivity contribution in [3.8, 4) is 0 Å². The average molecular weight is 259 g/mol. The highest BCUT2D eigenvalue weighted by Crippen LogP contribution is 2.36. The van der Waals surface area contributed by atoms with Crippen LogP contribution in [0.3, 0.4) is 0 Å². The average Bonchev–Trinajstić information content (AvgIpc) is 3.04. The third-order valence-electron chi connectivity index (χ3n) is 3.77. The minimum Gasteiger partial charge on any atom is -0.453 e. The summed E-state index contributed by atoms with van der Waals surface area (Å²) in [6.07, 6.45) is 3.27. The molecule has 2 aromatic carbocycles. The van der Waals surface area contributed by atoms with Crippen LogP contribution >= 0.6 is 0 Å². The maximum atomic E-state index is 5.84. The lowest BCUT2D eigenvalue weighted by Crippen LogP contribution is -1.76. The summed E-state index contributed by atoms with van der Waals surface area (Å²) in [6.45, 7) is 0. The molecule has 0 unspecified atom stereocenters. The minimum absolute atomic E-state index is 0.722. The number of aromatic amines is 1. The Labute approximate surface area is 113 Å². The van der Waals surface area contributed by atoms with E-state index < -0.39 is 0 Å². The molecule has 94 valence electrons. The van der Waals surface area contributed by atoms with Crippen molar-refractivity contribution in [1.29, 1.82) is 0 Å². The molecule has 0 fully saturated rings. The van der Waals surface area contributed by atoms with Crippen LogP contribution in [-0.2, 0) is 0 Å². The molecule has 5 aromatic rings. The molecule has 0 aliphatic carbocycles. The summed E-state index contributed by atoms with van der Waals surface area (Å²) in [7, 11) is 0. The molecule has 0 aliphatic rings. The number of rotatable bonds is 0. The summed E-state index contributed by atoms with van der Waals surface area (Å²) >= 11 is 0. The van der Waals surface area contributed by atoms with Gasteiger partial charge in [0.2, 0.25) is 0 Å². The lowest BCUT2D eigenvalue weighted by atomic mass is 10.1. The van der Waals surface area contributed by atoms with Crippen molar-refractivity contribution in [2.75, 3.05) is 0 Å². The fourth-order valence-corrected chi connectivity index (χ4v) is 2.94. The number of nitrogens with one attached hydrogen (secondary N) is 1. The Morgan fingerprint density at radius 1 is 0.900 bits per heavy atom. The monoisotopic (exact) mass is 259 g/mol. The van der Waals surface area contributed by atoms with Gasteiger partial charge in [-0.1, -0.05) is 18.2 Å². The van der Waals surface area contributed by atoms with Gasteiger partial charge in [-0.2, -0.15) is 0 Å². The molecule has 20 heavy (non-hydrogen) atoms. The van der Waals surface area contributed by atoms with E-state index in [0.29, 0.717) is 0 Å². The van der Waals surface area contributed by atoms with Gasteiger partial charge in [0.05, 0.1) is 11.6 Å². The third kappa shape index (κ3) is 1.11. The van der Waals surface area contributed by atoms with E-state index in [1.54, 1.807) is 12.5 Å². The van der Waals surface area contributed by atoms with Gasteiger partial charge in [-0.15, -0.1) is 0 Å². The fourth-order valence-electron chi connectivity index (χ4n) is 2.94. The van der Waals surface area contributed by atoms with Crippen molar-refractivity contribution in [2.45, 2.75) is 0 Å². The number of H-pyrrole nitrogens is 1. The lowest BCUT2D eigenvalue weighted by molar-refractivity contribution is 0.666. The zero-order chi connectivity index (χ0) is 13.1. The first-order chi connectivity index (χ1) is 9.92. The van der Waals surface area contributed by atoms with Crippen LogP contribution in [-0.4, -0.2) is 15.0 Å². The molecule has 5 rings (SSSR count). The van der Waals surface area contributed by atoms with Crippen LogP contribution in [0.1, 0.15) is 0 Å². The number of hydrogen-bond donors (Lipinski definition) is 1. The smallest absolute Gasteiger partial charge is 0.172 e. The highest BCUT2D eigenvalue weighted by atomic mass is 16.3. The van der Waals surface area contributed by atoms with Gasteiger partial charge < -0.3 is 9.40 Å². The Morgan fingerprint density at radius 2 is 1.85 bits per heavy atom. The van der Waals surface area contributed by atoms with Crippen molar-refractivity contribution in [3.63, 3.8) is 0 Å². The van der Waals surface area contributed by atoms with E-state index in [2.05, 4.69) is 27.1 Å². The molecular weight excluding hydrogens is 250 g/mol. The van der Waals surface area contributed by atoms with Crippen LogP contribution in [0, 0.1) is 0 Å². The second-order valence-electron chi connectivity index (χ2n) is 4.87. The van der Waals surface area contributed by atoms with E-state index in [4.69, 9.17) is 4.42 Å². The summed E-state index contributed by atoms with van der Waals surface area (Å²) in [4.78, 5) is 11.9. The number of hydrogen-bond acceptors (Lipinski definition) is 3.